The Kier molecular flexibility index (Phi) is 5.16. The molecule has 0 aromatic heterocycles. The Balaban J connectivity index is 1.36. The van der Waals surface area contributed by atoms with Crippen LogP contribution in [0.3, 0.4) is 0 Å². The molecule has 8 heteroatoms. The predicted octanol–water partition coefficient (Wildman–Crippen LogP) is 2.86. The average molecular weight is 416 g/mol. The van der Waals surface area contributed by atoms with Crippen LogP contribution in [0.1, 0.15) is 28.9 Å². The molecular formula is C20H21N3O3S2. The molecule has 3 atom stereocenters. The lowest BCUT2D eigenvalue weighted by Crippen LogP contribution is -2.26. The van der Waals surface area contributed by atoms with E-state index in [1.54, 1.807) is 12.1 Å². The molecule has 2 N–H and O–H groups in total. The Hall–Kier alpha value is -2.32. The van der Waals surface area contributed by atoms with E-state index in [0.717, 1.165) is 16.4 Å². The minimum Gasteiger partial charge on any atom is -0.346 e. The number of amidine groups is 1. The summed E-state index contributed by atoms with van der Waals surface area (Å²) in [5, 5.41) is 6.96. The van der Waals surface area contributed by atoms with Crippen molar-refractivity contribution in [2.24, 2.45) is 4.99 Å². The number of rotatable bonds is 4. The molecule has 2 heterocycles. The second kappa shape index (κ2) is 7.60. The van der Waals surface area contributed by atoms with E-state index in [0.29, 0.717) is 5.56 Å². The van der Waals surface area contributed by atoms with E-state index >= 15 is 0 Å². The van der Waals surface area contributed by atoms with Crippen LogP contribution in [0.25, 0.3) is 0 Å². The lowest BCUT2D eigenvalue weighted by atomic mass is 10.1. The molecule has 6 nitrogen and oxygen atoms in total. The van der Waals surface area contributed by atoms with Gasteiger partial charge in [0.1, 0.15) is 0 Å². The van der Waals surface area contributed by atoms with Crippen LogP contribution in [0.2, 0.25) is 0 Å². The zero-order valence-electron chi connectivity index (χ0n) is 15.3. The van der Waals surface area contributed by atoms with Gasteiger partial charge >= 0.3 is 0 Å². The molecule has 0 radical (unpaired) electrons. The molecule has 0 unspecified atom stereocenters. The number of anilines is 1. The minimum absolute atomic E-state index is 0.0111. The van der Waals surface area contributed by atoms with Crippen molar-refractivity contribution in [3.05, 3.63) is 65.7 Å². The largest absolute Gasteiger partial charge is 0.346 e. The smallest absolute Gasteiger partial charge is 0.251 e. The zero-order chi connectivity index (χ0) is 19.7. The van der Waals surface area contributed by atoms with Gasteiger partial charge in [-0.05, 0) is 36.8 Å². The van der Waals surface area contributed by atoms with Gasteiger partial charge < -0.3 is 10.6 Å². The number of benzene rings is 2. The molecule has 1 amide bonds. The third-order valence-corrected chi connectivity index (χ3v) is 8.01. The number of fused-ring (bicyclic) bond motifs is 1. The van der Waals surface area contributed by atoms with Crippen LogP contribution in [0.15, 0.2) is 59.6 Å². The van der Waals surface area contributed by atoms with Crippen molar-refractivity contribution < 1.29 is 13.2 Å². The quantitative estimate of drug-likeness (QED) is 0.802. The molecule has 28 heavy (non-hydrogen) atoms. The maximum absolute atomic E-state index is 12.5. The molecule has 0 spiro atoms. The molecule has 2 aliphatic rings. The highest BCUT2D eigenvalue weighted by atomic mass is 32.2. The lowest BCUT2D eigenvalue weighted by Gasteiger charge is -2.14. The van der Waals surface area contributed by atoms with Crippen molar-refractivity contribution in [2.75, 3.05) is 16.8 Å². The molecule has 0 aliphatic carbocycles. The highest BCUT2D eigenvalue weighted by Gasteiger charge is 2.42. The molecule has 2 aromatic rings. The first-order valence-electron chi connectivity index (χ1n) is 9.07. The third kappa shape index (κ3) is 4.23. The van der Waals surface area contributed by atoms with Crippen LogP contribution in [-0.2, 0) is 9.84 Å². The third-order valence-electron chi connectivity index (χ3n) is 4.86. The lowest BCUT2D eigenvalue weighted by molar-refractivity contribution is 0.0940. The van der Waals surface area contributed by atoms with Gasteiger partial charge in [0.15, 0.2) is 15.0 Å². The van der Waals surface area contributed by atoms with Gasteiger partial charge in [-0.1, -0.05) is 42.1 Å². The Bertz CT molecular complexity index is 1000. The van der Waals surface area contributed by atoms with E-state index in [2.05, 4.69) is 15.6 Å². The van der Waals surface area contributed by atoms with Gasteiger partial charge in [0, 0.05) is 16.5 Å². The number of aliphatic imine (C=N–C) groups is 1. The van der Waals surface area contributed by atoms with Crippen LogP contribution in [-0.4, -0.2) is 42.3 Å². The summed E-state index contributed by atoms with van der Waals surface area (Å²) in [6.07, 6.45) is 0. The highest BCUT2D eigenvalue weighted by molar-refractivity contribution is 8.15. The van der Waals surface area contributed by atoms with Crippen LogP contribution in [0, 0.1) is 0 Å². The molecule has 0 saturated carbocycles. The van der Waals surface area contributed by atoms with Crippen molar-refractivity contribution in [1.29, 1.82) is 0 Å². The fourth-order valence-corrected chi connectivity index (χ4v) is 7.03. The summed E-state index contributed by atoms with van der Waals surface area (Å²) < 4.78 is 23.3. The number of carbonyl (C=O) groups is 1. The topological polar surface area (TPSA) is 87.6 Å². The fraction of sp³-hybridized carbons (Fsp3) is 0.300. The van der Waals surface area contributed by atoms with Gasteiger partial charge in [-0.2, -0.15) is 0 Å². The maximum atomic E-state index is 12.5. The molecule has 2 aromatic carbocycles. The molecule has 1 saturated heterocycles. The fourth-order valence-electron chi connectivity index (χ4n) is 3.35. The number of thioether (sulfide) groups is 1. The van der Waals surface area contributed by atoms with Gasteiger partial charge in [0.05, 0.1) is 23.6 Å². The summed E-state index contributed by atoms with van der Waals surface area (Å²) in [7, 11) is -2.95. The van der Waals surface area contributed by atoms with Crippen molar-refractivity contribution >= 4 is 38.4 Å². The second-order valence-electron chi connectivity index (χ2n) is 7.04. The maximum Gasteiger partial charge on any atom is 0.251 e. The summed E-state index contributed by atoms with van der Waals surface area (Å²) in [5.74, 6) is 0.194. The standard InChI is InChI=1S/C20H21N3O3S2/c1-13(14-5-3-2-4-6-14)21-19(24)15-7-9-16(10-8-15)22-20-23-17-11-28(25,26)12-18(17)27-20/h2-10,13,17-18H,11-12H2,1H3,(H,21,24)(H,22,23)/t13-,17-,18-/m0/s1. The Morgan fingerprint density at radius 3 is 2.50 bits per heavy atom. The van der Waals surface area contributed by atoms with E-state index in [1.807, 2.05) is 49.4 Å². The average Bonchev–Trinajstić information content (AvgIpc) is 3.15. The molecule has 2 aliphatic heterocycles. The number of amides is 1. The first-order chi connectivity index (χ1) is 13.4. The van der Waals surface area contributed by atoms with E-state index in [1.165, 1.54) is 11.8 Å². The Morgan fingerprint density at radius 1 is 1.11 bits per heavy atom. The zero-order valence-corrected chi connectivity index (χ0v) is 17.0. The van der Waals surface area contributed by atoms with Crippen molar-refractivity contribution in [3.8, 4) is 0 Å². The predicted molar refractivity (Wildman–Crippen MR) is 114 cm³/mol. The van der Waals surface area contributed by atoms with E-state index in [-0.39, 0.29) is 34.7 Å². The van der Waals surface area contributed by atoms with Gasteiger partial charge in [0.2, 0.25) is 0 Å². The van der Waals surface area contributed by atoms with Crippen LogP contribution in [0.4, 0.5) is 5.69 Å². The Labute approximate surface area is 168 Å². The molecular weight excluding hydrogens is 394 g/mol. The number of nitrogens with zero attached hydrogens (tertiary/aromatic N) is 1. The van der Waals surface area contributed by atoms with Gasteiger partial charge in [-0.15, -0.1) is 0 Å². The van der Waals surface area contributed by atoms with Crippen molar-refractivity contribution in [1.82, 2.24) is 5.32 Å². The first-order valence-corrected chi connectivity index (χ1v) is 11.8. The SMILES string of the molecule is C[C@H](NC(=O)c1ccc(NC2=N[C@H]3CS(=O)(=O)C[C@@H]3S2)cc1)c1ccccc1. The first kappa shape index (κ1) is 19.0. The Morgan fingerprint density at radius 2 is 1.82 bits per heavy atom. The number of sulfone groups is 1. The summed E-state index contributed by atoms with van der Waals surface area (Å²) in [6, 6.07) is 16.8. The van der Waals surface area contributed by atoms with E-state index in [4.69, 9.17) is 0 Å². The van der Waals surface area contributed by atoms with Crippen LogP contribution >= 0.6 is 11.8 Å². The van der Waals surface area contributed by atoms with Crippen molar-refractivity contribution in [3.63, 3.8) is 0 Å². The molecule has 146 valence electrons. The molecule has 0 bridgehead atoms. The summed E-state index contributed by atoms with van der Waals surface area (Å²) in [6.45, 7) is 1.95. The van der Waals surface area contributed by atoms with E-state index < -0.39 is 9.84 Å². The molecule has 1 fully saturated rings. The van der Waals surface area contributed by atoms with Crippen molar-refractivity contribution in [2.45, 2.75) is 24.3 Å². The normalized spacial score (nSPS) is 23.5. The van der Waals surface area contributed by atoms with Gasteiger partial charge in [-0.3, -0.25) is 9.79 Å². The number of nitrogens with one attached hydrogen (secondary N) is 2. The number of hydrogen-bond acceptors (Lipinski definition) is 6. The summed E-state index contributed by atoms with van der Waals surface area (Å²) in [4.78, 5) is 16.9. The molecule has 4 rings (SSSR count). The van der Waals surface area contributed by atoms with E-state index in [9.17, 15) is 13.2 Å². The summed E-state index contributed by atoms with van der Waals surface area (Å²) >= 11 is 1.48. The van der Waals surface area contributed by atoms with Crippen LogP contribution < -0.4 is 10.6 Å². The number of carbonyl (C=O) groups excluding carboxylic acids is 1. The highest BCUT2D eigenvalue weighted by Crippen LogP contribution is 2.34. The van der Waals surface area contributed by atoms with Gasteiger partial charge in [-0.25, -0.2) is 8.42 Å². The van der Waals surface area contributed by atoms with Gasteiger partial charge in [0.25, 0.3) is 5.91 Å². The summed E-state index contributed by atoms with van der Waals surface area (Å²) in [5.41, 5.74) is 2.46. The van der Waals surface area contributed by atoms with Crippen LogP contribution in [0.5, 0.6) is 0 Å². The monoisotopic (exact) mass is 415 g/mol. The minimum atomic E-state index is -2.95. The number of hydrogen-bond donors (Lipinski definition) is 2. The second-order valence-corrected chi connectivity index (χ2v) is 10.4.